The Bertz CT molecular complexity index is 1140. The Labute approximate surface area is 187 Å². The molecule has 0 aliphatic rings. The fraction of sp³-hybridized carbons (Fsp3) is 0.231. The summed E-state index contributed by atoms with van der Waals surface area (Å²) in [5, 5.41) is 4.03. The average Bonchev–Trinajstić information content (AvgIpc) is 2.84. The van der Waals surface area contributed by atoms with Crippen molar-refractivity contribution in [1.82, 2.24) is 0 Å². The van der Waals surface area contributed by atoms with Crippen LogP contribution in [0.5, 0.6) is 23.0 Å². The van der Waals surface area contributed by atoms with E-state index in [2.05, 4.69) is 0 Å². The highest BCUT2D eigenvalue weighted by Crippen LogP contribution is 2.46. The maximum Gasteiger partial charge on any atom is 0.188 e. The Morgan fingerprint density at radius 2 is 0.938 bits per heavy atom. The van der Waals surface area contributed by atoms with Crippen LogP contribution in [-0.4, -0.2) is 42.0 Å². The number of methoxy groups -OCH3 is 4. The van der Waals surface area contributed by atoms with E-state index in [9.17, 15) is 0 Å². The van der Waals surface area contributed by atoms with Gasteiger partial charge in [0.25, 0.3) is 0 Å². The fourth-order valence-corrected chi connectivity index (χ4v) is 3.81. The maximum absolute atomic E-state index is 6.01. The molecule has 0 N–H and O–H groups in total. The molecular formula is C26H26O6. The molecule has 0 heterocycles. The highest BCUT2D eigenvalue weighted by Gasteiger charge is 2.20. The Morgan fingerprint density at radius 1 is 0.531 bits per heavy atom. The van der Waals surface area contributed by atoms with E-state index in [0.29, 0.717) is 11.5 Å². The molecule has 0 aliphatic heterocycles. The zero-order chi connectivity index (χ0) is 22.5. The predicted molar refractivity (Wildman–Crippen MR) is 125 cm³/mol. The van der Waals surface area contributed by atoms with Crippen LogP contribution >= 0.6 is 0 Å². The first-order valence-corrected chi connectivity index (χ1v) is 10.2. The van der Waals surface area contributed by atoms with E-state index in [-0.39, 0.29) is 13.6 Å². The summed E-state index contributed by atoms with van der Waals surface area (Å²) in [5.74, 6) is 2.84. The number of fused-ring (bicyclic) bond motifs is 2. The molecule has 4 aromatic carbocycles. The summed E-state index contributed by atoms with van der Waals surface area (Å²) in [4.78, 5) is 0. The highest BCUT2D eigenvalue weighted by atomic mass is 16.7. The van der Waals surface area contributed by atoms with Gasteiger partial charge in [0.15, 0.2) is 13.6 Å². The van der Waals surface area contributed by atoms with E-state index >= 15 is 0 Å². The number of rotatable bonds is 9. The van der Waals surface area contributed by atoms with E-state index in [1.807, 2.05) is 60.7 Å². The lowest BCUT2D eigenvalue weighted by Crippen LogP contribution is -2.04. The van der Waals surface area contributed by atoms with Gasteiger partial charge in [0.2, 0.25) is 0 Å². The number of ether oxygens (including phenoxy) is 6. The van der Waals surface area contributed by atoms with Gasteiger partial charge in [0.1, 0.15) is 23.0 Å². The molecule has 0 radical (unpaired) electrons. The van der Waals surface area contributed by atoms with Gasteiger partial charge in [0.05, 0.1) is 14.2 Å². The molecule has 0 bridgehead atoms. The minimum Gasteiger partial charge on any atom is -0.497 e. The first kappa shape index (κ1) is 21.7. The van der Waals surface area contributed by atoms with Gasteiger partial charge >= 0.3 is 0 Å². The zero-order valence-corrected chi connectivity index (χ0v) is 18.6. The van der Waals surface area contributed by atoms with E-state index in [4.69, 9.17) is 28.4 Å². The van der Waals surface area contributed by atoms with Crippen molar-refractivity contribution in [1.29, 1.82) is 0 Å². The summed E-state index contributed by atoms with van der Waals surface area (Å²) in [6.07, 6.45) is 0. The second-order valence-corrected chi connectivity index (χ2v) is 7.15. The summed E-state index contributed by atoms with van der Waals surface area (Å²) in [6, 6.07) is 19.9. The van der Waals surface area contributed by atoms with Gasteiger partial charge in [-0.15, -0.1) is 0 Å². The number of benzene rings is 4. The molecule has 0 aliphatic carbocycles. The van der Waals surface area contributed by atoms with Crippen LogP contribution in [0.3, 0.4) is 0 Å². The highest BCUT2D eigenvalue weighted by molar-refractivity contribution is 6.10. The molecule has 0 amide bonds. The van der Waals surface area contributed by atoms with Gasteiger partial charge in [-0.05, 0) is 57.9 Å². The Hall–Kier alpha value is -3.48. The summed E-state index contributed by atoms with van der Waals surface area (Å²) in [7, 11) is 6.50. The van der Waals surface area contributed by atoms with Crippen LogP contribution in [0.2, 0.25) is 0 Å². The summed E-state index contributed by atoms with van der Waals surface area (Å²) >= 11 is 0. The minimum atomic E-state index is 0.116. The van der Waals surface area contributed by atoms with Gasteiger partial charge in [-0.2, -0.15) is 0 Å². The molecule has 0 spiro atoms. The SMILES string of the molecule is COCOc1ccc2ccc(OC)cc2c1-c1c(OCOC)ccc2ccc(OC)cc12. The second-order valence-electron chi connectivity index (χ2n) is 7.15. The van der Waals surface area contributed by atoms with Crippen LogP contribution in [0.25, 0.3) is 32.7 Å². The van der Waals surface area contributed by atoms with Crippen LogP contribution in [0, 0.1) is 0 Å². The number of hydrogen-bond acceptors (Lipinski definition) is 6. The standard InChI is InChI=1S/C26H26O6/c1-27-15-31-23-11-7-17-5-9-19(29-3)13-21(17)25(23)26-22-14-20(30-4)10-6-18(22)8-12-24(26)32-16-28-2/h5-14H,15-16H2,1-4H3. The van der Waals surface area contributed by atoms with Crippen LogP contribution in [0.15, 0.2) is 60.7 Å². The first-order valence-electron chi connectivity index (χ1n) is 10.2. The Morgan fingerprint density at radius 3 is 1.31 bits per heavy atom. The van der Waals surface area contributed by atoms with Gasteiger partial charge in [-0.3, -0.25) is 0 Å². The molecule has 32 heavy (non-hydrogen) atoms. The minimum absolute atomic E-state index is 0.116. The molecule has 6 heteroatoms. The van der Waals surface area contributed by atoms with Gasteiger partial charge in [-0.1, -0.05) is 24.3 Å². The van der Waals surface area contributed by atoms with Crippen LogP contribution < -0.4 is 18.9 Å². The van der Waals surface area contributed by atoms with Crippen LogP contribution in [-0.2, 0) is 9.47 Å². The average molecular weight is 434 g/mol. The Balaban J connectivity index is 2.11. The predicted octanol–water partition coefficient (Wildman–Crippen LogP) is 5.64. The van der Waals surface area contributed by atoms with Crippen LogP contribution in [0.4, 0.5) is 0 Å². The molecule has 4 rings (SSSR count). The van der Waals surface area contributed by atoms with Gasteiger partial charge in [0, 0.05) is 25.3 Å². The van der Waals surface area contributed by atoms with Crippen molar-refractivity contribution in [2.45, 2.75) is 0 Å². The van der Waals surface area contributed by atoms with Crippen molar-refractivity contribution < 1.29 is 28.4 Å². The topological polar surface area (TPSA) is 55.4 Å². The first-order chi connectivity index (χ1) is 15.7. The lowest BCUT2D eigenvalue weighted by Gasteiger charge is -2.20. The molecule has 0 unspecified atom stereocenters. The third-order valence-electron chi connectivity index (χ3n) is 5.30. The largest absolute Gasteiger partial charge is 0.497 e. The van der Waals surface area contributed by atoms with E-state index < -0.39 is 0 Å². The quantitative estimate of drug-likeness (QED) is 0.318. The zero-order valence-electron chi connectivity index (χ0n) is 18.6. The molecule has 0 fully saturated rings. The third-order valence-corrected chi connectivity index (χ3v) is 5.30. The van der Waals surface area contributed by atoms with E-state index in [0.717, 1.165) is 44.2 Å². The lowest BCUT2D eigenvalue weighted by molar-refractivity contribution is 0.0502. The van der Waals surface area contributed by atoms with Crippen molar-refractivity contribution in [3.05, 3.63) is 60.7 Å². The lowest BCUT2D eigenvalue weighted by atomic mass is 9.92. The monoisotopic (exact) mass is 434 g/mol. The van der Waals surface area contributed by atoms with Crippen molar-refractivity contribution in [2.75, 3.05) is 42.0 Å². The number of hydrogen-bond donors (Lipinski definition) is 0. The van der Waals surface area contributed by atoms with Gasteiger partial charge in [-0.25, -0.2) is 0 Å². The molecule has 4 aromatic rings. The summed E-state index contributed by atoms with van der Waals surface area (Å²) in [5.41, 5.74) is 1.76. The van der Waals surface area contributed by atoms with Crippen molar-refractivity contribution in [3.8, 4) is 34.1 Å². The molecule has 0 saturated carbocycles. The van der Waals surface area contributed by atoms with Gasteiger partial charge < -0.3 is 28.4 Å². The third kappa shape index (κ3) is 4.15. The molecule has 166 valence electrons. The molecule has 0 aromatic heterocycles. The van der Waals surface area contributed by atoms with Crippen molar-refractivity contribution in [3.63, 3.8) is 0 Å². The Kier molecular flexibility index (Phi) is 6.63. The van der Waals surface area contributed by atoms with Crippen LogP contribution in [0.1, 0.15) is 0 Å². The molecule has 0 atom stereocenters. The molecule has 6 nitrogen and oxygen atoms in total. The van der Waals surface area contributed by atoms with E-state index in [1.165, 1.54) is 0 Å². The normalized spacial score (nSPS) is 11.0. The maximum atomic E-state index is 6.01. The fourth-order valence-electron chi connectivity index (χ4n) is 3.81. The van der Waals surface area contributed by atoms with E-state index in [1.54, 1.807) is 28.4 Å². The summed E-state index contributed by atoms with van der Waals surface area (Å²) in [6.45, 7) is 0.232. The smallest absolute Gasteiger partial charge is 0.188 e. The van der Waals surface area contributed by atoms with Crippen molar-refractivity contribution in [2.24, 2.45) is 0 Å². The summed E-state index contributed by atoms with van der Waals surface area (Å²) < 4.78 is 33.4. The molecule has 0 saturated heterocycles. The second kappa shape index (κ2) is 9.77. The van der Waals surface area contributed by atoms with Crippen molar-refractivity contribution >= 4 is 21.5 Å². The molecular weight excluding hydrogens is 408 g/mol.